The van der Waals surface area contributed by atoms with Gasteiger partial charge in [-0.3, -0.25) is 0 Å². The first-order valence-electron chi connectivity index (χ1n) is 11.3. The fourth-order valence-electron chi connectivity index (χ4n) is 5.50. The van der Waals surface area contributed by atoms with Crippen molar-refractivity contribution in [2.24, 2.45) is 0 Å². The van der Waals surface area contributed by atoms with Crippen molar-refractivity contribution in [3.8, 4) is 22.6 Å². The standard InChI is InChI=1S/C30H27NO/c1-29(2)22-11-6-5-10-20(22)21-17-16-19(18-25(21)29)31-26-14-9-13-24-28(26)32-27-15-8-7-12-23(27)30(24,3)4/h5-18,31H,1-4H3. The van der Waals surface area contributed by atoms with Crippen LogP contribution >= 0.6 is 0 Å². The van der Waals surface area contributed by atoms with Gasteiger partial charge in [0.1, 0.15) is 5.75 Å². The number of fused-ring (bicyclic) bond motifs is 5. The molecule has 1 aliphatic carbocycles. The number of hydrogen-bond donors (Lipinski definition) is 1. The van der Waals surface area contributed by atoms with Gasteiger partial charge in [0.15, 0.2) is 5.75 Å². The molecule has 4 aromatic carbocycles. The molecule has 158 valence electrons. The van der Waals surface area contributed by atoms with E-state index in [2.05, 4.69) is 112 Å². The number of hydrogen-bond acceptors (Lipinski definition) is 2. The number of para-hydroxylation sites is 2. The summed E-state index contributed by atoms with van der Waals surface area (Å²) in [6.45, 7) is 9.17. The fraction of sp³-hybridized carbons (Fsp3) is 0.200. The van der Waals surface area contributed by atoms with Gasteiger partial charge in [-0.2, -0.15) is 0 Å². The minimum Gasteiger partial charge on any atom is -0.455 e. The molecule has 0 amide bonds. The summed E-state index contributed by atoms with van der Waals surface area (Å²) in [5.41, 5.74) is 9.80. The second-order valence-corrected chi connectivity index (χ2v) is 9.96. The number of rotatable bonds is 2. The maximum absolute atomic E-state index is 6.44. The van der Waals surface area contributed by atoms with Crippen LogP contribution in [-0.4, -0.2) is 0 Å². The molecule has 0 aromatic heterocycles. The summed E-state index contributed by atoms with van der Waals surface area (Å²) in [7, 11) is 0. The molecule has 0 spiro atoms. The molecule has 0 bridgehead atoms. The van der Waals surface area contributed by atoms with Crippen molar-refractivity contribution >= 4 is 11.4 Å². The average Bonchev–Trinajstić information content (AvgIpc) is 3.02. The first-order chi connectivity index (χ1) is 15.4. The van der Waals surface area contributed by atoms with E-state index in [1.54, 1.807) is 0 Å². The Bertz CT molecular complexity index is 1380. The highest BCUT2D eigenvalue weighted by molar-refractivity contribution is 5.83. The Kier molecular flexibility index (Phi) is 3.89. The second kappa shape index (κ2) is 6.49. The Hall–Kier alpha value is -3.52. The lowest BCUT2D eigenvalue weighted by atomic mass is 9.75. The van der Waals surface area contributed by atoms with Crippen molar-refractivity contribution in [1.29, 1.82) is 0 Å². The summed E-state index contributed by atoms with van der Waals surface area (Å²) in [5.74, 6) is 1.85. The molecular formula is C30H27NO. The first kappa shape index (κ1) is 19.2. The highest BCUT2D eigenvalue weighted by Crippen LogP contribution is 2.52. The Labute approximate surface area is 189 Å². The zero-order chi connectivity index (χ0) is 22.1. The summed E-state index contributed by atoms with van der Waals surface area (Å²) in [6, 6.07) is 30.2. The molecule has 2 heteroatoms. The third-order valence-electron chi connectivity index (χ3n) is 7.32. The van der Waals surface area contributed by atoms with E-state index in [0.29, 0.717) is 0 Å². The van der Waals surface area contributed by atoms with Gasteiger partial charge in [0.05, 0.1) is 5.69 Å². The predicted octanol–water partition coefficient (Wildman–Crippen LogP) is 8.17. The van der Waals surface area contributed by atoms with Crippen LogP contribution in [0.25, 0.3) is 11.1 Å². The molecule has 1 heterocycles. The minimum atomic E-state index is -0.122. The highest BCUT2D eigenvalue weighted by Gasteiger charge is 2.36. The molecule has 32 heavy (non-hydrogen) atoms. The molecule has 1 aliphatic heterocycles. The van der Waals surface area contributed by atoms with Crippen LogP contribution in [0.2, 0.25) is 0 Å². The van der Waals surface area contributed by atoms with Crippen molar-refractivity contribution in [1.82, 2.24) is 0 Å². The zero-order valence-electron chi connectivity index (χ0n) is 19.0. The third-order valence-corrected chi connectivity index (χ3v) is 7.32. The van der Waals surface area contributed by atoms with Crippen LogP contribution in [0, 0.1) is 0 Å². The van der Waals surface area contributed by atoms with Crippen LogP contribution in [0.1, 0.15) is 49.9 Å². The van der Waals surface area contributed by atoms with Crippen molar-refractivity contribution in [2.75, 3.05) is 5.32 Å². The smallest absolute Gasteiger partial charge is 0.154 e. The van der Waals surface area contributed by atoms with E-state index in [4.69, 9.17) is 4.74 Å². The summed E-state index contributed by atoms with van der Waals surface area (Å²) in [5, 5.41) is 3.67. The Balaban J connectivity index is 1.42. The molecule has 2 nitrogen and oxygen atoms in total. The largest absolute Gasteiger partial charge is 0.455 e. The van der Waals surface area contributed by atoms with E-state index in [-0.39, 0.29) is 10.8 Å². The average molecular weight is 418 g/mol. The molecule has 6 rings (SSSR count). The van der Waals surface area contributed by atoms with Gasteiger partial charge in [0, 0.05) is 27.6 Å². The van der Waals surface area contributed by atoms with Crippen LogP contribution < -0.4 is 10.1 Å². The Morgan fingerprint density at radius 1 is 0.594 bits per heavy atom. The van der Waals surface area contributed by atoms with Crippen LogP contribution in [0.3, 0.4) is 0 Å². The fourth-order valence-corrected chi connectivity index (χ4v) is 5.50. The van der Waals surface area contributed by atoms with Gasteiger partial charge in [-0.1, -0.05) is 88.4 Å². The molecule has 1 N–H and O–H groups in total. The SMILES string of the molecule is CC1(C)c2ccccc2-c2ccc(Nc3cccc4c3Oc3ccccc3C4(C)C)cc21. The van der Waals surface area contributed by atoms with Crippen molar-refractivity contribution in [3.63, 3.8) is 0 Å². The molecule has 2 aliphatic rings. The lowest BCUT2D eigenvalue weighted by Gasteiger charge is -2.35. The summed E-state index contributed by atoms with van der Waals surface area (Å²) >= 11 is 0. The van der Waals surface area contributed by atoms with Gasteiger partial charge in [-0.25, -0.2) is 0 Å². The summed E-state index contributed by atoms with van der Waals surface area (Å²) in [4.78, 5) is 0. The normalized spacial score (nSPS) is 16.2. The van der Waals surface area contributed by atoms with Crippen molar-refractivity contribution in [2.45, 2.75) is 38.5 Å². The van der Waals surface area contributed by atoms with Gasteiger partial charge >= 0.3 is 0 Å². The van der Waals surface area contributed by atoms with Crippen LogP contribution in [0.15, 0.2) is 84.9 Å². The van der Waals surface area contributed by atoms with Crippen molar-refractivity contribution in [3.05, 3.63) is 107 Å². The lowest BCUT2D eigenvalue weighted by molar-refractivity contribution is 0.420. The van der Waals surface area contributed by atoms with E-state index in [9.17, 15) is 0 Å². The molecule has 0 radical (unpaired) electrons. The second-order valence-electron chi connectivity index (χ2n) is 9.96. The number of ether oxygens (including phenoxy) is 1. The Morgan fingerprint density at radius 2 is 1.25 bits per heavy atom. The maximum Gasteiger partial charge on any atom is 0.154 e. The highest BCUT2D eigenvalue weighted by atomic mass is 16.5. The molecule has 4 aromatic rings. The predicted molar refractivity (Wildman–Crippen MR) is 132 cm³/mol. The van der Waals surface area contributed by atoms with Crippen molar-refractivity contribution < 1.29 is 4.74 Å². The molecule has 0 fully saturated rings. The van der Waals surface area contributed by atoms with Gasteiger partial charge in [0.2, 0.25) is 0 Å². The van der Waals surface area contributed by atoms with Gasteiger partial charge in [-0.15, -0.1) is 0 Å². The summed E-state index contributed by atoms with van der Waals surface area (Å²) < 4.78 is 6.44. The van der Waals surface area contributed by atoms with E-state index in [1.807, 2.05) is 6.07 Å². The first-order valence-corrected chi connectivity index (χ1v) is 11.3. The lowest BCUT2D eigenvalue weighted by Crippen LogP contribution is -2.24. The summed E-state index contributed by atoms with van der Waals surface area (Å²) in [6.07, 6.45) is 0. The Morgan fingerprint density at radius 3 is 2.09 bits per heavy atom. The number of nitrogens with one attached hydrogen (secondary N) is 1. The van der Waals surface area contributed by atoms with E-state index < -0.39 is 0 Å². The number of anilines is 2. The van der Waals surface area contributed by atoms with Gasteiger partial charge in [-0.05, 0) is 46.5 Å². The van der Waals surface area contributed by atoms with Gasteiger partial charge in [0.25, 0.3) is 0 Å². The van der Waals surface area contributed by atoms with Crippen LogP contribution in [-0.2, 0) is 10.8 Å². The molecule has 0 atom stereocenters. The number of benzene rings is 4. The van der Waals surface area contributed by atoms with E-state index in [0.717, 1.165) is 22.9 Å². The topological polar surface area (TPSA) is 21.3 Å². The van der Waals surface area contributed by atoms with E-state index >= 15 is 0 Å². The molecule has 0 unspecified atom stereocenters. The zero-order valence-corrected chi connectivity index (χ0v) is 19.0. The molecule has 0 saturated carbocycles. The quantitative estimate of drug-likeness (QED) is 0.355. The van der Waals surface area contributed by atoms with Crippen LogP contribution in [0.4, 0.5) is 11.4 Å². The third kappa shape index (κ3) is 2.59. The molecular weight excluding hydrogens is 390 g/mol. The molecule has 0 saturated heterocycles. The van der Waals surface area contributed by atoms with E-state index in [1.165, 1.54) is 33.4 Å². The van der Waals surface area contributed by atoms with Crippen LogP contribution in [0.5, 0.6) is 11.5 Å². The minimum absolute atomic E-state index is 0.0167. The monoisotopic (exact) mass is 417 g/mol. The van der Waals surface area contributed by atoms with Gasteiger partial charge < -0.3 is 10.1 Å². The maximum atomic E-state index is 6.44.